The van der Waals surface area contributed by atoms with E-state index in [9.17, 15) is 9.59 Å². The van der Waals surface area contributed by atoms with Crippen LogP contribution in [0.5, 0.6) is 0 Å². The predicted octanol–water partition coefficient (Wildman–Crippen LogP) is 0.113. The fourth-order valence-electron chi connectivity index (χ4n) is 2.86. The summed E-state index contributed by atoms with van der Waals surface area (Å²) >= 11 is 0. The Kier molecular flexibility index (Phi) is 4.58. The van der Waals surface area contributed by atoms with E-state index in [1.54, 1.807) is 0 Å². The first-order valence-electron chi connectivity index (χ1n) is 6.99. The van der Waals surface area contributed by atoms with Crippen molar-refractivity contribution in [1.82, 2.24) is 15.5 Å². The topological polar surface area (TPSA) is 61.4 Å². The first-order valence-corrected chi connectivity index (χ1v) is 6.99. The van der Waals surface area contributed by atoms with Crippen LogP contribution in [-0.2, 0) is 9.59 Å². The molecule has 2 rings (SSSR count). The van der Waals surface area contributed by atoms with Gasteiger partial charge in [0, 0.05) is 25.6 Å². The van der Waals surface area contributed by atoms with Gasteiger partial charge in [0.2, 0.25) is 11.8 Å². The van der Waals surface area contributed by atoms with Crippen LogP contribution in [0.1, 0.15) is 32.6 Å². The average molecular weight is 253 g/mol. The van der Waals surface area contributed by atoms with Gasteiger partial charge in [0.15, 0.2) is 0 Å². The Morgan fingerprint density at radius 1 is 1.50 bits per heavy atom. The molecule has 5 nitrogen and oxygen atoms in total. The number of carbonyl (C=O) groups excluding carboxylic acids is 2. The van der Waals surface area contributed by atoms with Gasteiger partial charge in [0.25, 0.3) is 0 Å². The van der Waals surface area contributed by atoms with Gasteiger partial charge in [-0.25, -0.2) is 0 Å². The number of rotatable bonds is 4. The number of piperidine rings is 1. The third kappa shape index (κ3) is 3.22. The zero-order valence-electron chi connectivity index (χ0n) is 11.1. The van der Waals surface area contributed by atoms with Gasteiger partial charge in [0.05, 0.1) is 5.92 Å². The summed E-state index contributed by atoms with van der Waals surface area (Å²) in [6.07, 6.45) is 3.56. The zero-order chi connectivity index (χ0) is 13.0. The van der Waals surface area contributed by atoms with Crippen molar-refractivity contribution in [2.75, 3.05) is 26.2 Å². The van der Waals surface area contributed by atoms with Gasteiger partial charge in [-0.2, -0.15) is 0 Å². The minimum absolute atomic E-state index is 0.0424. The summed E-state index contributed by atoms with van der Waals surface area (Å²) in [7, 11) is 0. The van der Waals surface area contributed by atoms with Gasteiger partial charge in [-0.1, -0.05) is 6.92 Å². The highest BCUT2D eigenvalue weighted by molar-refractivity contribution is 5.83. The first kappa shape index (κ1) is 13.3. The van der Waals surface area contributed by atoms with E-state index in [1.165, 1.54) is 12.8 Å². The fraction of sp³-hybridized carbons (Fsp3) is 0.846. The van der Waals surface area contributed by atoms with E-state index < -0.39 is 0 Å². The third-order valence-electron chi connectivity index (χ3n) is 4.05. The highest BCUT2D eigenvalue weighted by Gasteiger charge is 2.27. The van der Waals surface area contributed by atoms with E-state index >= 15 is 0 Å². The summed E-state index contributed by atoms with van der Waals surface area (Å²) in [4.78, 5) is 25.4. The Morgan fingerprint density at radius 2 is 2.33 bits per heavy atom. The quantitative estimate of drug-likeness (QED) is 0.748. The van der Waals surface area contributed by atoms with Gasteiger partial charge < -0.3 is 10.6 Å². The Labute approximate surface area is 108 Å². The molecule has 0 aliphatic carbocycles. The van der Waals surface area contributed by atoms with Crippen molar-refractivity contribution in [3.63, 3.8) is 0 Å². The predicted molar refractivity (Wildman–Crippen MR) is 69.0 cm³/mol. The maximum Gasteiger partial charge on any atom is 0.224 e. The molecule has 0 radical (unpaired) electrons. The van der Waals surface area contributed by atoms with E-state index in [-0.39, 0.29) is 17.7 Å². The molecular weight excluding hydrogens is 230 g/mol. The Hall–Kier alpha value is -1.10. The second-order valence-corrected chi connectivity index (χ2v) is 5.21. The fourth-order valence-corrected chi connectivity index (χ4v) is 2.86. The van der Waals surface area contributed by atoms with Crippen molar-refractivity contribution in [1.29, 1.82) is 0 Å². The number of hydrogen-bond donors (Lipinski definition) is 2. The molecule has 2 amide bonds. The zero-order valence-corrected chi connectivity index (χ0v) is 11.1. The number of amides is 2. The molecule has 2 fully saturated rings. The smallest absolute Gasteiger partial charge is 0.224 e. The van der Waals surface area contributed by atoms with Crippen LogP contribution in [0, 0.1) is 5.92 Å². The maximum atomic E-state index is 12.0. The van der Waals surface area contributed by atoms with Crippen LogP contribution >= 0.6 is 0 Å². The van der Waals surface area contributed by atoms with E-state index in [1.807, 2.05) is 0 Å². The highest BCUT2D eigenvalue weighted by atomic mass is 16.2. The van der Waals surface area contributed by atoms with Crippen LogP contribution in [0.25, 0.3) is 0 Å². The summed E-state index contributed by atoms with van der Waals surface area (Å²) in [5.41, 5.74) is 0. The molecule has 0 saturated carbocycles. The minimum atomic E-state index is -0.0424. The standard InChI is InChI=1S/C13H23N3O2/c1-2-16-7-3-4-11(16)9-15-13(18)10-5-6-12(17)14-8-10/h10-11H,2-9H2,1H3,(H,14,17)(H,15,18). The SMILES string of the molecule is CCN1CCCC1CNC(=O)C1CCC(=O)NC1. The number of likely N-dealkylation sites (tertiary alicyclic amines) is 1. The summed E-state index contributed by atoms with van der Waals surface area (Å²) in [5.74, 6) is 0.115. The van der Waals surface area contributed by atoms with Crippen LogP contribution in [0.4, 0.5) is 0 Å². The van der Waals surface area contributed by atoms with Crippen LogP contribution in [0.3, 0.4) is 0 Å². The second kappa shape index (κ2) is 6.18. The molecule has 2 unspecified atom stereocenters. The van der Waals surface area contributed by atoms with Crippen molar-refractivity contribution in [2.24, 2.45) is 5.92 Å². The molecule has 2 aliphatic heterocycles. The molecule has 2 aliphatic rings. The molecule has 2 heterocycles. The van der Waals surface area contributed by atoms with Crippen molar-refractivity contribution < 1.29 is 9.59 Å². The monoisotopic (exact) mass is 253 g/mol. The lowest BCUT2D eigenvalue weighted by molar-refractivity contribution is -0.129. The number of carbonyl (C=O) groups is 2. The van der Waals surface area contributed by atoms with Gasteiger partial charge in [-0.15, -0.1) is 0 Å². The first-order chi connectivity index (χ1) is 8.70. The minimum Gasteiger partial charge on any atom is -0.355 e. The normalized spacial score (nSPS) is 29.1. The van der Waals surface area contributed by atoms with E-state index in [4.69, 9.17) is 0 Å². The lowest BCUT2D eigenvalue weighted by atomic mass is 9.98. The van der Waals surface area contributed by atoms with Crippen molar-refractivity contribution in [3.8, 4) is 0 Å². The average Bonchev–Trinajstić information content (AvgIpc) is 2.84. The number of nitrogens with zero attached hydrogens (tertiary/aromatic N) is 1. The van der Waals surface area contributed by atoms with E-state index in [0.29, 0.717) is 25.4 Å². The van der Waals surface area contributed by atoms with Crippen LogP contribution in [0.2, 0.25) is 0 Å². The number of likely N-dealkylation sites (N-methyl/N-ethyl adjacent to an activating group) is 1. The van der Waals surface area contributed by atoms with Crippen molar-refractivity contribution in [3.05, 3.63) is 0 Å². The van der Waals surface area contributed by atoms with Crippen LogP contribution in [-0.4, -0.2) is 48.9 Å². The second-order valence-electron chi connectivity index (χ2n) is 5.21. The molecule has 18 heavy (non-hydrogen) atoms. The van der Waals surface area contributed by atoms with Crippen molar-refractivity contribution >= 4 is 11.8 Å². The Bertz CT molecular complexity index is 309. The molecule has 0 aromatic heterocycles. The molecule has 5 heteroatoms. The molecule has 0 aromatic carbocycles. The van der Waals surface area contributed by atoms with Gasteiger partial charge in [-0.3, -0.25) is 14.5 Å². The summed E-state index contributed by atoms with van der Waals surface area (Å²) in [6, 6.07) is 0.497. The molecule has 0 bridgehead atoms. The maximum absolute atomic E-state index is 12.0. The lowest BCUT2D eigenvalue weighted by Crippen LogP contribution is -2.46. The highest BCUT2D eigenvalue weighted by Crippen LogP contribution is 2.16. The Balaban J connectivity index is 1.72. The number of nitrogens with one attached hydrogen (secondary N) is 2. The molecule has 0 aromatic rings. The molecule has 2 atom stereocenters. The molecule has 2 saturated heterocycles. The van der Waals surface area contributed by atoms with E-state index in [0.717, 1.165) is 19.6 Å². The van der Waals surface area contributed by atoms with Gasteiger partial charge in [-0.05, 0) is 32.4 Å². The molecule has 102 valence electrons. The lowest BCUT2D eigenvalue weighted by Gasteiger charge is -2.25. The molecule has 0 spiro atoms. The third-order valence-corrected chi connectivity index (χ3v) is 4.05. The number of hydrogen-bond acceptors (Lipinski definition) is 3. The molecular formula is C13H23N3O2. The van der Waals surface area contributed by atoms with Gasteiger partial charge >= 0.3 is 0 Å². The molecule has 2 N–H and O–H groups in total. The summed E-state index contributed by atoms with van der Waals surface area (Å²) in [5, 5.41) is 5.79. The summed E-state index contributed by atoms with van der Waals surface area (Å²) in [6.45, 7) is 5.61. The van der Waals surface area contributed by atoms with Gasteiger partial charge in [0.1, 0.15) is 0 Å². The largest absolute Gasteiger partial charge is 0.355 e. The van der Waals surface area contributed by atoms with Crippen LogP contribution in [0.15, 0.2) is 0 Å². The Morgan fingerprint density at radius 3 is 3.00 bits per heavy atom. The van der Waals surface area contributed by atoms with E-state index in [2.05, 4.69) is 22.5 Å². The van der Waals surface area contributed by atoms with Crippen LogP contribution < -0.4 is 10.6 Å². The van der Waals surface area contributed by atoms with Crippen molar-refractivity contribution in [2.45, 2.75) is 38.6 Å². The summed E-state index contributed by atoms with van der Waals surface area (Å²) < 4.78 is 0.